The van der Waals surface area contributed by atoms with Crippen LogP contribution in [-0.2, 0) is 10.8 Å². The van der Waals surface area contributed by atoms with E-state index < -0.39 is 0 Å². The van der Waals surface area contributed by atoms with E-state index in [2.05, 4.69) is 52.0 Å². The molecule has 2 unspecified atom stereocenters. The minimum absolute atomic E-state index is 0.140. The van der Waals surface area contributed by atoms with Crippen LogP contribution in [0.2, 0.25) is 0 Å². The van der Waals surface area contributed by atoms with Crippen LogP contribution < -0.4 is 0 Å². The minimum Gasteiger partial charge on any atom is -0.508 e. The number of rotatable bonds is 4. The molecule has 4 fully saturated rings. The van der Waals surface area contributed by atoms with E-state index in [-0.39, 0.29) is 21.7 Å². The second-order valence-corrected chi connectivity index (χ2v) is 13.4. The average Bonchev–Trinajstić information content (AvgIpc) is 2.70. The molecule has 0 aromatic heterocycles. The summed E-state index contributed by atoms with van der Waals surface area (Å²) in [4.78, 5) is 0. The first-order valence-corrected chi connectivity index (χ1v) is 13.0. The van der Waals surface area contributed by atoms with Gasteiger partial charge in [-0.05, 0) is 120 Å². The Bertz CT molecular complexity index is 1020. The summed E-state index contributed by atoms with van der Waals surface area (Å²) in [7, 11) is 0. The Labute approximate surface area is 200 Å². The molecule has 2 aromatic rings. The number of phenolic OH excluding ortho intramolecular Hbond substituents is 2. The molecule has 0 spiro atoms. The Kier molecular flexibility index (Phi) is 4.86. The van der Waals surface area contributed by atoms with Gasteiger partial charge >= 0.3 is 0 Å². The van der Waals surface area contributed by atoms with Gasteiger partial charge in [0.2, 0.25) is 0 Å². The first kappa shape index (κ1) is 22.8. The quantitative estimate of drug-likeness (QED) is 0.498. The lowest BCUT2D eigenvalue weighted by Crippen LogP contribution is -2.67. The Morgan fingerprint density at radius 2 is 1.21 bits per heavy atom. The normalized spacial score (nSPS) is 35.2. The fourth-order valence-electron chi connectivity index (χ4n) is 9.02. The van der Waals surface area contributed by atoms with Gasteiger partial charge in [0.15, 0.2) is 0 Å². The molecule has 178 valence electrons. The number of phenols is 2. The van der Waals surface area contributed by atoms with Crippen LogP contribution in [-0.4, -0.2) is 10.2 Å². The number of hydrogen-bond acceptors (Lipinski definition) is 2. The molecule has 33 heavy (non-hydrogen) atoms. The molecule has 0 radical (unpaired) electrons. The zero-order valence-electron chi connectivity index (χ0n) is 21.5. The van der Waals surface area contributed by atoms with Crippen LogP contribution in [0.3, 0.4) is 0 Å². The van der Waals surface area contributed by atoms with Gasteiger partial charge in [-0.3, -0.25) is 0 Å². The lowest BCUT2D eigenvalue weighted by molar-refractivity contribution is -0.185. The largest absolute Gasteiger partial charge is 0.508 e. The molecule has 0 heterocycles. The third-order valence-electron chi connectivity index (χ3n) is 10.2. The van der Waals surface area contributed by atoms with E-state index in [1.807, 2.05) is 26.0 Å². The predicted molar refractivity (Wildman–Crippen MR) is 136 cm³/mol. The Balaban J connectivity index is 1.76. The van der Waals surface area contributed by atoms with Crippen LogP contribution in [0.4, 0.5) is 0 Å². The molecule has 0 saturated heterocycles. The highest BCUT2D eigenvalue weighted by molar-refractivity contribution is 5.46. The molecule has 2 aromatic carbocycles. The fraction of sp³-hybridized carbons (Fsp3) is 0.613. The van der Waals surface area contributed by atoms with Crippen molar-refractivity contribution in [2.24, 2.45) is 16.2 Å². The van der Waals surface area contributed by atoms with Crippen molar-refractivity contribution < 1.29 is 10.2 Å². The van der Waals surface area contributed by atoms with Gasteiger partial charge in [0, 0.05) is 0 Å². The molecule has 4 bridgehead atoms. The standard InChI is InChI=1S/C31H42O2/c1-7-12-28-15-29(23-8-10-25(32)21(2)13-23)18-30(16-28,24-9-11-26(33)22(3)14-24)20-31(17-28,19-29)27(4,5)6/h8-11,13-14,32-33H,7,12,15-20H2,1-6H3. The van der Waals surface area contributed by atoms with E-state index in [0.717, 1.165) is 11.1 Å². The predicted octanol–water partition coefficient (Wildman–Crippen LogP) is 8.09. The molecule has 0 amide bonds. The summed E-state index contributed by atoms with van der Waals surface area (Å²) in [6.07, 6.45) is 10.1. The van der Waals surface area contributed by atoms with Crippen molar-refractivity contribution in [3.8, 4) is 11.5 Å². The monoisotopic (exact) mass is 446 g/mol. The smallest absolute Gasteiger partial charge is 0.118 e. The molecule has 4 aliphatic carbocycles. The lowest BCUT2D eigenvalue weighted by Gasteiger charge is -2.74. The van der Waals surface area contributed by atoms with Crippen molar-refractivity contribution >= 4 is 0 Å². The van der Waals surface area contributed by atoms with Crippen molar-refractivity contribution in [2.45, 2.75) is 104 Å². The van der Waals surface area contributed by atoms with Crippen molar-refractivity contribution in [3.63, 3.8) is 0 Å². The van der Waals surface area contributed by atoms with E-state index >= 15 is 0 Å². The van der Waals surface area contributed by atoms with E-state index in [4.69, 9.17) is 0 Å². The highest BCUT2D eigenvalue weighted by Gasteiger charge is 2.70. The van der Waals surface area contributed by atoms with Crippen LogP contribution in [0.1, 0.15) is 101 Å². The van der Waals surface area contributed by atoms with Gasteiger partial charge in [-0.2, -0.15) is 0 Å². The summed E-state index contributed by atoms with van der Waals surface area (Å²) >= 11 is 0. The molecule has 2 N–H and O–H groups in total. The fourth-order valence-corrected chi connectivity index (χ4v) is 9.02. The number of benzene rings is 2. The van der Waals surface area contributed by atoms with Crippen molar-refractivity contribution in [2.75, 3.05) is 0 Å². The van der Waals surface area contributed by atoms with E-state index in [1.54, 1.807) is 0 Å². The second kappa shape index (κ2) is 7.03. The zero-order valence-corrected chi connectivity index (χ0v) is 21.5. The molecule has 4 saturated carbocycles. The maximum absolute atomic E-state index is 10.3. The van der Waals surface area contributed by atoms with E-state index in [9.17, 15) is 10.2 Å². The molecular weight excluding hydrogens is 404 g/mol. The summed E-state index contributed by atoms with van der Waals surface area (Å²) in [5.74, 6) is 0.808. The molecule has 2 nitrogen and oxygen atoms in total. The molecule has 4 aliphatic rings. The number of hydrogen-bond donors (Lipinski definition) is 2. The van der Waals surface area contributed by atoms with Crippen molar-refractivity contribution in [3.05, 3.63) is 58.7 Å². The van der Waals surface area contributed by atoms with E-state index in [1.165, 1.54) is 62.5 Å². The van der Waals surface area contributed by atoms with Gasteiger partial charge in [0.25, 0.3) is 0 Å². The lowest BCUT2D eigenvalue weighted by atomic mass is 9.30. The van der Waals surface area contributed by atoms with Crippen LogP contribution >= 0.6 is 0 Å². The summed E-state index contributed by atoms with van der Waals surface area (Å²) in [5, 5.41) is 20.6. The third kappa shape index (κ3) is 3.27. The average molecular weight is 447 g/mol. The zero-order chi connectivity index (χ0) is 23.9. The molecule has 6 rings (SSSR count). The first-order chi connectivity index (χ1) is 15.4. The molecule has 2 heteroatoms. The Morgan fingerprint density at radius 3 is 1.61 bits per heavy atom. The first-order valence-electron chi connectivity index (χ1n) is 13.0. The Hall–Kier alpha value is -1.96. The van der Waals surface area contributed by atoms with Crippen LogP contribution in [0, 0.1) is 30.1 Å². The van der Waals surface area contributed by atoms with Gasteiger partial charge in [-0.15, -0.1) is 0 Å². The molecule has 0 aliphatic heterocycles. The SMILES string of the molecule is CCCC12CC3(c4ccc(O)c(C)c4)CC(c4ccc(O)c(C)c4)(C1)CC(C(C)(C)C)(C2)C3. The third-order valence-corrected chi connectivity index (χ3v) is 10.2. The summed E-state index contributed by atoms with van der Waals surface area (Å²) in [6, 6.07) is 12.9. The van der Waals surface area contributed by atoms with Crippen molar-refractivity contribution in [1.82, 2.24) is 0 Å². The minimum atomic E-state index is 0.140. The summed E-state index contributed by atoms with van der Waals surface area (Å²) in [5.41, 5.74) is 6.00. The van der Waals surface area contributed by atoms with Gasteiger partial charge < -0.3 is 10.2 Å². The number of aromatic hydroxyl groups is 2. The van der Waals surface area contributed by atoms with Crippen molar-refractivity contribution in [1.29, 1.82) is 0 Å². The second-order valence-electron chi connectivity index (χ2n) is 13.4. The topological polar surface area (TPSA) is 40.5 Å². The van der Waals surface area contributed by atoms with Crippen LogP contribution in [0.5, 0.6) is 11.5 Å². The van der Waals surface area contributed by atoms with Gasteiger partial charge in [0.1, 0.15) is 11.5 Å². The van der Waals surface area contributed by atoms with Crippen LogP contribution in [0.25, 0.3) is 0 Å². The number of aryl methyl sites for hydroxylation is 2. The molecular formula is C31H42O2. The highest BCUT2D eigenvalue weighted by Crippen LogP contribution is 2.78. The van der Waals surface area contributed by atoms with Crippen LogP contribution in [0.15, 0.2) is 36.4 Å². The maximum Gasteiger partial charge on any atom is 0.118 e. The highest BCUT2D eigenvalue weighted by atomic mass is 16.3. The van der Waals surface area contributed by atoms with E-state index in [0.29, 0.717) is 16.9 Å². The Morgan fingerprint density at radius 1 is 0.727 bits per heavy atom. The van der Waals surface area contributed by atoms with Gasteiger partial charge in [0.05, 0.1) is 0 Å². The maximum atomic E-state index is 10.3. The summed E-state index contributed by atoms with van der Waals surface area (Å²) in [6.45, 7) is 13.9. The van der Waals surface area contributed by atoms with Gasteiger partial charge in [-0.1, -0.05) is 58.4 Å². The summed E-state index contributed by atoms with van der Waals surface area (Å²) < 4.78 is 0. The van der Waals surface area contributed by atoms with Gasteiger partial charge in [-0.25, -0.2) is 0 Å². The molecule has 2 atom stereocenters.